The highest BCUT2D eigenvalue weighted by molar-refractivity contribution is 6.17. The minimum atomic E-state index is 0.586. The van der Waals surface area contributed by atoms with Crippen molar-refractivity contribution in [3.05, 3.63) is 140 Å². The van der Waals surface area contributed by atoms with E-state index in [-0.39, 0.29) is 0 Å². The molecule has 0 saturated heterocycles. The van der Waals surface area contributed by atoms with Crippen LogP contribution in [0, 0.1) is 0 Å². The number of hydrogen-bond acceptors (Lipinski definition) is 5. The fourth-order valence-electron chi connectivity index (χ4n) is 7.61. The van der Waals surface area contributed by atoms with Crippen molar-refractivity contribution in [1.29, 1.82) is 0 Å². The molecule has 1 aliphatic rings. The Bertz CT molecular complexity index is 2840. The first-order chi connectivity index (χ1) is 23.8. The van der Waals surface area contributed by atoms with Crippen LogP contribution in [-0.4, -0.2) is 15.0 Å². The highest BCUT2D eigenvalue weighted by Gasteiger charge is 2.24. The zero-order chi connectivity index (χ0) is 31.3. The molecule has 222 valence electrons. The van der Waals surface area contributed by atoms with Crippen molar-refractivity contribution in [2.45, 2.75) is 0 Å². The third-order valence-electron chi connectivity index (χ3n) is 9.66. The van der Waals surface area contributed by atoms with E-state index in [9.17, 15) is 0 Å². The topological polar surface area (TPSA) is 65.0 Å². The molecule has 0 N–H and O–H groups in total. The van der Waals surface area contributed by atoms with Crippen molar-refractivity contribution in [2.24, 2.45) is 0 Å². The van der Waals surface area contributed by atoms with E-state index in [0.29, 0.717) is 17.5 Å². The average molecular weight is 614 g/mol. The predicted octanol–water partition coefficient (Wildman–Crippen LogP) is 11.5. The fourth-order valence-corrected chi connectivity index (χ4v) is 7.61. The summed E-state index contributed by atoms with van der Waals surface area (Å²) in [5.74, 6) is 1.78. The molecule has 0 unspecified atom stereocenters. The molecule has 11 rings (SSSR count). The number of fused-ring (bicyclic) bond motifs is 9. The van der Waals surface area contributed by atoms with Gasteiger partial charge in [0.05, 0.1) is 0 Å². The second-order valence-electron chi connectivity index (χ2n) is 12.3. The molecule has 0 bridgehead atoms. The van der Waals surface area contributed by atoms with Gasteiger partial charge in [-0.1, -0.05) is 103 Å². The summed E-state index contributed by atoms with van der Waals surface area (Å²) in [6.45, 7) is 0. The van der Waals surface area contributed by atoms with Gasteiger partial charge in [-0.05, 0) is 69.4 Å². The lowest BCUT2D eigenvalue weighted by Crippen LogP contribution is -2.01. The summed E-state index contributed by atoms with van der Waals surface area (Å²) in [7, 11) is 0. The molecule has 0 spiro atoms. The zero-order valence-corrected chi connectivity index (χ0v) is 25.4. The smallest absolute Gasteiger partial charge is 0.164 e. The van der Waals surface area contributed by atoms with E-state index in [1.807, 2.05) is 60.7 Å². The average Bonchev–Trinajstić information content (AvgIpc) is 3.82. The summed E-state index contributed by atoms with van der Waals surface area (Å²) in [6, 6.07) is 48.0. The first-order valence-electron chi connectivity index (χ1n) is 16.0. The lowest BCUT2D eigenvalue weighted by atomic mass is 9.99. The molecule has 7 aromatic carbocycles. The maximum atomic E-state index is 6.27. The molecule has 1 aliphatic carbocycles. The van der Waals surface area contributed by atoms with Gasteiger partial charge in [-0.2, -0.15) is 0 Å². The normalized spacial score (nSPS) is 12.2. The van der Waals surface area contributed by atoms with Gasteiger partial charge in [-0.15, -0.1) is 0 Å². The van der Waals surface area contributed by atoms with Gasteiger partial charge < -0.3 is 8.83 Å². The summed E-state index contributed by atoms with van der Waals surface area (Å²) in [4.78, 5) is 15.7. The molecule has 5 heteroatoms. The maximum absolute atomic E-state index is 6.27. The van der Waals surface area contributed by atoms with Gasteiger partial charge >= 0.3 is 0 Å². The molecule has 10 aromatic rings. The van der Waals surface area contributed by atoms with Crippen LogP contribution in [0.3, 0.4) is 0 Å². The summed E-state index contributed by atoms with van der Waals surface area (Å²) >= 11 is 0. The molecule has 3 heterocycles. The second-order valence-corrected chi connectivity index (χ2v) is 12.3. The van der Waals surface area contributed by atoms with Crippen LogP contribution in [0.4, 0.5) is 0 Å². The number of benzene rings is 7. The highest BCUT2D eigenvalue weighted by Crippen LogP contribution is 2.48. The Labute approximate surface area is 273 Å². The van der Waals surface area contributed by atoms with Crippen molar-refractivity contribution in [3.8, 4) is 56.4 Å². The van der Waals surface area contributed by atoms with Gasteiger partial charge in [-0.25, -0.2) is 15.0 Å². The number of nitrogens with zero attached hydrogens (tertiary/aromatic N) is 3. The lowest BCUT2D eigenvalue weighted by Gasteiger charge is -2.11. The Balaban J connectivity index is 1.23. The third-order valence-corrected chi connectivity index (χ3v) is 9.66. The Morgan fingerprint density at radius 3 is 1.46 bits per heavy atom. The first kappa shape index (κ1) is 25.6. The first-order valence-corrected chi connectivity index (χ1v) is 16.0. The van der Waals surface area contributed by atoms with Gasteiger partial charge in [0.15, 0.2) is 17.5 Å². The quantitative estimate of drug-likeness (QED) is 0.198. The van der Waals surface area contributed by atoms with E-state index in [1.54, 1.807) is 0 Å². The highest BCUT2D eigenvalue weighted by atomic mass is 16.3. The predicted molar refractivity (Wildman–Crippen MR) is 193 cm³/mol. The summed E-state index contributed by atoms with van der Waals surface area (Å²) < 4.78 is 12.5. The van der Waals surface area contributed by atoms with E-state index < -0.39 is 0 Å². The van der Waals surface area contributed by atoms with Crippen LogP contribution in [-0.2, 0) is 0 Å². The molecule has 0 aliphatic heterocycles. The summed E-state index contributed by atoms with van der Waals surface area (Å²) in [5, 5.41) is 6.44. The van der Waals surface area contributed by atoms with Crippen LogP contribution in [0.25, 0.3) is 111 Å². The third kappa shape index (κ3) is 3.53. The number of furan rings is 2. The molecule has 0 saturated carbocycles. The Morgan fingerprint density at radius 1 is 0.333 bits per heavy atom. The van der Waals surface area contributed by atoms with E-state index >= 15 is 0 Å². The molecular formula is C43H23N3O2. The van der Waals surface area contributed by atoms with Gasteiger partial charge in [0, 0.05) is 38.2 Å². The molecule has 0 amide bonds. The molecule has 5 nitrogen and oxygen atoms in total. The van der Waals surface area contributed by atoms with Crippen molar-refractivity contribution in [3.63, 3.8) is 0 Å². The van der Waals surface area contributed by atoms with Crippen molar-refractivity contribution >= 4 is 54.6 Å². The van der Waals surface area contributed by atoms with Crippen LogP contribution in [0.5, 0.6) is 0 Å². The van der Waals surface area contributed by atoms with Crippen LogP contribution in [0.1, 0.15) is 0 Å². The Morgan fingerprint density at radius 2 is 0.812 bits per heavy atom. The standard InChI is InChI=1S/C43H23N3O2/c1-2-12-27-26(11-1)28-15-7-10-24-22-25(23-33(27)38(24)28)41-44-42(31-16-8-20-36-39(31)29-13-3-5-18-34(29)47-36)46-43(45-41)32-17-9-21-37-40(32)30-14-4-6-19-35(30)48-37/h1-23H. The number of aromatic nitrogens is 3. The van der Waals surface area contributed by atoms with Crippen LogP contribution >= 0.6 is 0 Å². The molecule has 0 atom stereocenters. The van der Waals surface area contributed by atoms with Crippen molar-refractivity contribution < 1.29 is 8.83 Å². The molecular weight excluding hydrogens is 590 g/mol. The van der Waals surface area contributed by atoms with E-state index in [2.05, 4.69) is 78.9 Å². The summed E-state index contributed by atoms with van der Waals surface area (Å²) in [6.07, 6.45) is 0. The van der Waals surface area contributed by atoms with Crippen LogP contribution < -0.4 is 0 Å². The van der Waals surface area contributed by atoms with Crippen LogP contribution in [0.2, 0.25) is 0 Å². The van der Waals surface area contributed by atoms with E-state index in [4.69, 9.17) is 23.8 Å². The van der Waals surface area contributed by atoms with Gasteiger partial charge in [-0.3, -0.25) is 0 Å². The summed E-state index contributed by atoms with van der Waals surface area (Å²) in [5.41, 5.74) is 10.9. The largest absolute Gasteiger partial charge is 0.456 e. The van der Waals surface area contributed by atoms with Crippen molar-refractivity contribution in [1.82, 2.24) is 15.0 Å². The zero-order valence-electron chi connectivity index (χ0n) is 25.4. The molecule has 48 heavy (non-hydrogen) atoms. The lowest BCUT2D eigenvalue weighted by molar-refractivity contribution is 0.668. The van der Waals surface area contributed by atoms with E-state index in [0.717, 1.165) is 66.0 Å². The molecule has 0 radical (unpaired) electrons. The minimum Gasteiger partial charge on any atom is -0.456 e. The number of hydrogen-bond donors (Lipinski definition) is 0. The van der Waals surface area contributed by atoms with Gasteiger partial charge in [0.25, 0.3) is 0 Å². The Hall–Kier alpha value is -6.59. The van der Waals surface area contributed by atoms with E-state index in [1.165, 1.54) is 27.6 Å². The number of para-hydroxylation sites is 2. The molecule has 0 fully saturated rings. The fraction of sp³-hybridized carbons (Fsp3) is 0. The van der Waals surface area contributed by atoms with Gasteiger partial charge in [0.2, 0.25) is 0 Å². The monoisotopic (exact) mass is 613 g/mol. The minimum absolute atomic E-state index is 0.586. The van der Waals surface area contributed by atoms with Crippen LogP contribution in [0.15, 0.2) is 148 Å². The number of rotatable bonds is 3. The molecule has 3 aromatic heterocycles. The van der Waals surface area contributed by atoms with Gasteiger partial charge in [0.1, 0.15) is 22.3 Å². The Kier molecular flexibility index (Phi) is 5.05. The second kappa shape index (κ2) is 9.47. The SMILES string of the molecule is c1ccc2c(c1)-c1cccc3cc(-c4nc(-c5cccc6oc7ccccc7c56)nc(-c5cccc6oc7ccccc7c56)n4)cc-2c13. The van der Waals surface area contributed by atoms with Crippen molar-refractivity contribution in [2.75, 3.05) is 0 Å². The maximum Gasteiger partial charge on any atom is 0.164 e.